The maximum Gasteiger partial charge on any atom is 0.441 e. The van der Waals surface area contributed by atoms with Crippen LogP contribution < -0.4 is 0 Å². The maximum absolute atomic E-state index is 13.0. The molecule has 2 aliphatic heterocycles. The normalized spacial score (nSPS) is 17.6. The number of fused-ring (bicyclic) bond motifs is 2. The highest BCUT2D eigenvalue weighted by Crippen LogP contribution is 2.35. The molecule has 0 saturated heterocycles. The minimum atomic E-state index is -4.68. The molecule has 1 amide bonds. The van der Waals surface area contributed by atoms with Gasteiger partial charge in [-0.05, 0) is 36.4 Å². The van der Waals surface area contributed by atoms with E-state index in [2.05, 4.69) is 16.2 Å². The summed E-state index contributed by atoms with van der Waals surface area (Å²) >= 11 is 0.234. The van der Waals surface area contributed by atoms with E-state index in [1.807, 2.05) is 60.2 Å². The topological polar surface area (TPSA) is 73.8 Å². The second-order valence-electron chi connectivity index (χ2n) is 7.64. The zero-order chi connectivity index (χ0) is 23.3. The van der Waals surface area contributed by atoms with Gasteiger partial charge in [-0.15, -0.1) is 0 Å². The molecule has 0 aliphatic carbocycles. The number of amides is 1. The second kappa shape index (κ2) is 7.73. The number of carbonyl (C=O) groups is 1. The maximum atomic E-state index is 13.0. The highest BCUT2D eigenvalue weighted by Gasteiger charge is 2.46. The average molecular weight is 467 g/mol. The minimum Gasteiger partial charge on any atom is -0.342 e. The quantitative estimate of drug-likeness (QED) is 0.540. The van der Waals surface area contributed by atoms with E-state index in [0.29, 0.717) is 12.1 Å². The van der Waals surface area contributed by atoms with Crippen LogP contribution in [0.15, 0.2) is 70.4 Å². The van der Waals surface area contributed by atoms with Gasteiger partial charge in [-0.2, -0.15) is 28.3 Å². The SMILES string of the molecule is Cc1cccc(Cn2cc(/C=C3\C(=N)N4N=C(C(F)(F)F)SC4=NC3=O)c3ccccc32)c1. The molecule has 0 radical (unpaired) electrons. The lowest BCUT2D eigenvalue weighted by Gasteiger charge is -2.20. The van der Waals surface area contributed by atoms with Crippen molar-refractivity contribution in [3.63, 3.8) is 0 Å². The zero-order valence-corrected chi connectivity index (χ0v) is 18.0. The van der Waals surface area contributed by atoms with Crippen LogP contribution in [0.5, 0.6) is 0 Å². The van der Waals surface area contributed by atoms with Crippen molar-refractivity contribution in [2.45, 2.75) is 19.6 Å². The standard InChI is InChI=1S/C23H16F3N5OS/c1-13-5-4-6-14(9-13)11-30-12-15(16-7-2-3-8-18(16)30)10-17-19(27)31-22(28-20(17)32)33-21(29-31)23(24,25)26/h2-10,12,27H,11H2,1H3/b17-10+,27-19?. The molecule has 1 aromatic heterocycles. The van der Waals surface area contributed by atoms with E-state index < -0.39 is 23.0 Å². The van der Waals surface area contributed by atoms with Crippen LogP contribution in [0, 0.1) is 12.3 Å². The smallest absolute Gasteiger partial charge is 0.342 e. The lowest BCUT2D eigenvalue weighted by Crippen LogP contribution is -2.35. The summed E-state index contributed by atoms with van der Waals surface area (Å²) in [5.41, 5.74) is 3.72. The number of hydrogen-bond donors (Lipinski definition) is 1. The zero-order valence-electron chi connectivity index (χ0n) is 17.2. The third-order valence-electron chi connectivity index (χ3n) is 5.25. The number of amidine groups is 2. The summed E-state index contributed by atoms with van der Waals surface area (Å²) in [4.78, 5) is 16.3. The van der Waals surface area contributed by atoms with Crippen LogP contribution >= 0.6 is 11.8 Å². The van der Waals surface area contributed by atoms with Crippen LogP contribution in [0.25, 0.3) is 17.0 Å². The van der Waals surface area contributed by atoms with E-state index in [4.69, 9.17) is 5.41 Å². The number of carbonyl (C=O) groups excluding carboxylic acids is 1. The molecule has 5 rings (SSSR count). The molecule has 0 saturated carbocycles. The second-order valence-corrected chi connectivity index (χ2v) is 8.60. The molecule has 33 heavy (non-hydrogen) atoms. The van der Waals surface area contributed by atoms with E-state index in [-0.39, 0.29) is 22.5 Å². The molecular weight excluding hydrogens is 451 g/mol. The van der Waals surface area contributed by atoms with Crippen molar-refractivity contribution in [3.05, 3.63) is 77.0 Å². The van der Waals surface area contributed by atoms with Gasteiger partial charge in [0, 0.05) is 29.2 Å². The number of nitrogens with one attached hydrogen (secondary N) is 1. The first-order chi connectivity index (χ1) is 15.7. The van der Waals surface area contributed by atoms with Crippen LogP contribution in [-0.2, 0) is 11.3 Å². The molecule has 6 nitrogen and oxygen atoms in total. The summed E-state index contributed by atoms with van der Waals surface area (Å²) in [6.45, 7) is 2.62. The molecule has 166 valence electrons. The van der Waals surface area contributed by atoms with Gasteiger partial charge >= 0.3 is 6.18 Å². The van der Waals surface area contributed by atoms with Crippen molar-refractivity contribution >= 4 is 50.7 Å². The number of hydrogen-bond acceptors (Lipinski definition) is 4. The Morgan fingerprint density at radius 2 is 1.94 bits per heavy atom. The Morgan fingerprint density at radius 1 is 1.15 bits per heavy atom. The summed E-state index contributed by atoms with van der Waals surface area (Å²) in [6.07, 6.45) is -1.32. The molecule has 0 fully saturated rings. The molecule has 10 heteroatoms. The molecule has 1 N–H and O–H groups in total. The fourth-order valence-electron chi connectivity index (χ4n) is 3.79. The third-order valence-corrected chi connectivity index (χ3v) is 6.20. The van der Waals surface area contributed by atoms with Crippen LogP contribution in [0.1, 0.15) is 16.7 Å². The monoisotopic (exact) mass is 467 g/mol. The van der Waals surface area contributed by atoms with E-state index >= 15 is 0 Å². The Hall–Kier alpha value is -3.66. The van der Waals surface area contributed by atoms with Gasteiger partial charge in [0.1, 0.15) is 0 Å². The number of alkyl halides is 3. The Kier molecular flexibility index (Phi) is 4.97. The van der Waals surface area contributed by atoms with Gasteiger partial charge < -0.3 is 4.57 Å². The number of thioether (sulfide) groups is 1. The molecule has 0 unspecified atom stereocenters. The van der Waals surface area contributed by atoms with Gasteiger partial charge in [-0.1, -0.05) is 48.0 Å². The Balaban J connectivity index is 1.55. The third kappa shape index (κ3) is 3.86. The average Bonchev–Trinajstić information content (AvgIpc) is 3.34. The van der Waals surface area contributed by atoms with Gasteiger partial charge in [0.15, 0.2) is 5.84 Å². The van der Waals surface area contributed by atoms with E-state index in [9.17, 15) is 18.0 Å². The molecule has 0 spiro atoms. The van der Waals surface area contributed by atoms with Crippen molar-refractivity contribution in [3.8, 4) is 0 Å². The lowest BCUT2D eigenvalue weighted by molar-refractivity contribution is -0.114. The van der Waals surface area contributed by atoms with Crippen LogP contribution in [0.3, 0.4) is 0 Å². The molecule has 3 aromatic rings. The first-order valence-corrected chi connectivity index (χ1v) is 10.7. The number of hydrazone groups is 1. The number of aliphatic imine (C=N–C) groups is 1. The lowest BCUT2D eigenvalue weighted by atomic mass is 10.1. The summed E-state index contributed by atoms with van der Waals surface area (Å²) in [5, 5.41) is 12.0. The fourth-order valence-corrected chi connectivity index (χ4v) is 4.55. The molecule has 0 atom stereocenters. The predicted molar refractivity (Wildman–Crippen MR) is 123 cm³/mol. The van der Waals surface area contributed by atoms with Crippen LogP contribution in [0.4, 0.5) is 13.2 Å². The number of para-hydroxylation sites is 1. The van der Waals surface area contributed by atoms with Crippen molar-refractivity contribution in [2.75, 3.05) is 0 Å². The Labute approximate surface area is 190 Å². The van der Waals surface area contributed by atoms with Crippen LogP contribution in [0.2, 0.25) is 0 Å². The van der Waals surface area contributed by atoms with Crippen molar-refractivity contribution < 1.29 is 18.0 Å². The van der Waals surface area contributed by atoms with Crippen molar-refractivity contribution in [1.82, 2.24) is 9.58 Å². The predicted octanol–water partition coefficient (Wildman–Crippen LogP) is 5.18. The highest BCUT2D eigenvalue weighted by molar-refractivity contribution is 8.27. The Bertz CT molecular complexity index is 1420. The van der Waals surface area contributed by atoms with E-state index in [1.54, 1.807) is 0 Å². The largest absolute Gasteiger partial charge is 0.441 e. The minimum absolute atomic E-state index is 0.120. The van der Waals surface area contributed by atoms with E-state index in [0.717, 1.165) is 27.0 Å². The summed E-state index contributed by atoms with van der Waals surface area (Å²) in [6, 6.07) is 15.7. The fraction of sp³-hybridized carbons (Fsp3) is 0.130. The number of halogens is 3. The van der Waals surface area contributed by atoms with Gasteiger partial charge in [0.25, 0.3) is 5.91 Å². The van der Waals surface area contributed by atoms with Crippen molar-refractivity contribution in [2.24, 2.45) is 10.1 Å². The number of benzene rings is 2. The molecule has 2 aliphatic rings. The van der Waals surface area contributed by atoms with Crippen LogP contribution in [-0.4, -0.2) is 37.7 Å². The summed E-state index contributed by atoms with van der Waals surface area (Å²) < 4.78 is 41.2. The van der Waals surface area contributed by atoms with Gasteiger partial charge in [0.2, 0.25) is 10.2 Å². The number of aromatic nitrogens is 1. The van der Waals surface area contributed by atoms with Gasteiger partial charge in [0.05, 0.1) is 5.57 Å². The molecular formula is C23H16F3N5OS. The number of nitrogens with zero attached hydrogens (tertiary/aromatic N) is 4. The van der Waals surface area contributed by atoms with Gasteiger partial charge in [-0.25, -0.2) is 0 Å². The van der Waals surface area contributed by atoms with Gasteiger partial charge in [-0.3, -0.25) is 10.2 Å². The Morgan fingerprint density at radius 3 is 2.70 bits per heavy atom. The molecule has 2 aromatic carbocycles. The number of rotatable bonds is 3. The molecule has 3 heterocycles. The summed E-state index contributed by atoms with van der Waals surface area (Å²) in [7, 11) is 0. The van der Waals surface area contributed by atoms with Crippen molar-refractivity contribution in [1.29, 1.82) is 5.41 Å². The first-order valence-electron chi connectivity index (χ1n) is 9.91. The highest BCUT2D eigenvalue weighted by atomic mass is 32.2. The molecule has 0 bridgehead atoms. The van der Waals surface area contributed by atoms with E-state index in [1.165, 1.54) is 6.08 Å². The summed E-state index contributed by atoms with van der Waals surface area (Å²) in [5.74, 6) is -1.21. The number of aryl methyl sites for hydroxylation is 1. The first kappa shape index (κ1) is 21.2.